The molecule has 1 aliphatic rings. The first-order valence-electron chi connectivity index (χ1n) is 20.3. The molecule has 0 fully saturated rings. The molecule has 0 bridgehead atoms. The molecule has 0 saturated heterocycles. The van der Waals surface area contributed by atoms with Crippen LogP contribution in [0.3, 0.4) is 0 Å². The van der Waals surface area contributed by atoms with Crippen LogP contribution >= 0.6 is 11.3 Å². The topological polar surface area (TPSA) is 29.5 Å². The van der Waals surface area contributed by atoms with Gasteiger partial charge in [-0.2, -0.15) is 0 Å². The van der Waals surface area contributed by atoms with E-state index >= 15 is 0 Å². The van der Waals surface area contributed by atoms with Gasteiger partial charge in [-0.05, 0) is 76.2 Å². The Kier molecular flexibility index (Phi) is 6.66. The average Bonchev–Trinajstić information content (AvgIpc) is 4.02. The van der Waals surface area contributed by atoms with E-state index in [1.54, 1.807) is 0 Å². The van der Waals surface area contributed by atoms with Gasteiger partial charge in [-0.15, -0.1) is 11.3 Å². The number of hydrogen-bond donors (Lipinski definition) is 0. The van der Waals surface area contributed by atoms with Crippen LogP contribution in [0, 0.1) is 0 Å². The maximum atomic E-state index is 7.28. The lowest BCUT2D eigenvalue weighted by molar-refractivity contribution is 0.660. The third-order valence-corrected chi connectivity index (χ3v) is 14.1. The number of fused-ring (bicyclic) bond motifs is 14. The molecule has 9 aromatic carbocycles. The largest absolute Gasteiger partial charge is 0.456 e. The van der Waals surface area contributed by atoms with Crippen LogP contribution in [0.1, 0.15) is 25.0 Å². The van der Waals surface area contributed by atoms with Crippen molar-refractivity contribution in [3.8, 4) is 22.3 Å². The molecule has 0 spiro atoms. The minimum absolute atomic E-state index is 0.183. The Morgan fingerprint density at radius 1 is 0.458 bits per heavy atom. The monoisotopic (exact) mass is 773 g/mol. The highest BCUT2D eigenvalue weighted by Gasteiger charge is 2.36. The second-order valence-electron chi connectivity index (χ2n) is 16.4. The molecule has 0 saturated carbocycles. The van der Waals surface area contributed by atoms with Gasteiger partial charge in [0.1, 0.15) is 16.7 Å². The zero-order chi connectivity index (χ0) is 39.0. The molecule has 12 aromatic rings. The van der Waals surface area contributed by atoms with Gasteiger partial charge < -0.3 is 13.7 Å². The highest BCUT2D eigenvalue weighted by Crippen LogP contribution is 2.55. The molecule has 0 unspecified atom stereocenters. The lowest BCUT2D eigenvalue weighted by Gasteiger charge is -2.30. The molecule has 3 heterocycles. The summed E-state index contributed by atoms with van der Waals surface area (Å²) in [7, 11) is 0. The Balaban J connectivity index is 1.20. The number of thiophene rings is 1. The zero-order valence-corrected chi connectivity index (χ0v) is 33.2. The lowest BCUT2D eigenvalue weighted by atomic mass is 9.82. The Hall–Kier alpha value is -7.14. The number of furan rings is 2. The van der Waals surface area contributed by atoms with Crippen molar-refractivity contribution in [3.63, 3.8) is 0 Å². The Labute approximate surface area is 344 Å². The van der Waals surface area contributed by atoms with Crippen molar-refractivity contribution in [1.82, 2.24) is 0 Å². The highest BCUT2D eigenvalue weighted by atomic mass is 32.1. The standard InChI is InChI=1S/C55H35NO2S/c1-55(2)43-21-8-5-16-35(43)36-26-25-33(31-44(36)55)56(45-22-11-14-32-13-3-4-15-34(32)45)52-38(40-20-12-19-39-37-17-7-10-24-49(37)59-54(39)40)27-28-42-51-48(58-53(42)52)30-29-47-50(51)41-18-6-9-23-46(41)57-47/h3-31H,1-2H3. The van der Waals surface area contributed by atoms with Crippen LogP contribution in [0.4, 0.5) is 17.1 Å². The van der Waals surface area contributed by atoms with Crippen molar-refractivity contribution in [2.75, 3.05) is 4.90 Å². The number of rotatable bonds is 4. The fourth-order valence-electron chi connectivity index (χ4n) is 10.2. The van der Waals surface area contributed by atoms with E-state index in [9.17, 15) is 0 Å². The van der Waals surface area contributed by atoms with E-state index in [0.29, 0.717) is 0 Å². The first kappa shape index (κ1) is 32.9. The third kappa shape index (κ3) is 4.52. The first-order valence-corrected chi connectivity index (χ1v) is 21.1. The van der Waals surface area contributed by atoms with Crippen LogP contribution < -0.4 is 4.90 Å². The van der Waals surface area contributed by atoms with Crippen molar-refractivity contribution >= 4 is 103 Å². The van der Waals surface area contributed by atoms with Gasteiger partial charge in [-0.3, -0.25) is 0 Å². The number of anilines is 3. The number of hydrogen-bond acceptors (Lipinski definition) is 4. The van der Waals surface area contributed by atoms with Crippen molar-refractivity contribution in [2.45, 2.75) is 19.3 Å². The van der Waals surface area contributed by atoms with Crippen LogP contribution in [-0.4, -0.2) is 0 Å². The summed E-state index contributed by atoms with van der Waals surface area (Å²) in [6.07, 6.45) is 0. The minimum atomic E-state index is -0.183. The fraction of sp³-hybridized carbons (Fsp3) is 0.0545. The minimum Gasteiger partial charge on any atom is -0.456 e. The molecular formula is C55H35NO2S. The van der Waals surface area contributed by atoms with E-state index in [1.807, 2.05) is 17.4 Å². The van der Waals surface area contributed by atoms with Crippen molar-refractivity contribution in [1.29, 1.82) is 0 Å². The van der Waals surface area contributed by atoms with Gasteiger partial charge >= 0.3 is 0 Å². The molecule has 0 aliphatic heterocycles. The third-order valence-electron chi connectivity index (χ3n) is 12.9. The molecule has 0 amide bonds. The number of para-hydroxylation sites is 1. The SMILES string of the molecule is CC1(C)c2ccccc2-c2ccc(N(c3cccc4ccccc34)c3c(-c4cccc5c4sc4ccccc45)ccc4c3oc3ccc5oc6ccccc6c5c34)cc21. The van der Waals surface area contributed by atoms with Crippen LogP contribution in [0.2, 0.25) is 0 Å². The molecule has 0 N–H and O–H groups in total. The lowest BCUT2D eigenvalue weighted by Crippen LogP contribution is -2.17. The van der Waals surface area contributed by atoms with E-state index in [2.05, 4.69) is 189 Å². The summed E-state index contributed by atoms with van der Waals surface area (Å²) in [6.45, 7) is 4.72. The average molecular weight is 774 g/mol. The van der Waals surface area contributed by atoms with Gasteiger partial charge in [0.05, 0.1) is 11.4 Å². The van der Waals surface area contributed by atoms with Gasteiger partial charge in [-0.25, -0.2) is 0 Å². The van der Waals surface area contributed by atoms with E-state index in [1.165, 1.54) is 58.8 Å². The normalized spacial score (nSPS) is 13.4. The Morgan fingerprint density at radius 3 is 2.03 bits per heavy atom. The molecule has 3 nitrogen and oxygen atoms in total. The molecule has 13 rings (SSSR count). The summed E-state index contributed by atoms with van der Waals surface area (Å²) in [4.78, 5) is 2.48. The quantitative estimate of drug-likeness (QED) is 0.178. The first-order chi connectivity index (χ1) is 29.0. The van der Waals surface area contributed by atoms with Crippen molar-refractivity contribution in [2.24, 2.45) is 0 Å². The van der Waals surface area contributed by atoms with Crippen LogP contribution in [0.15, 0.2) is 185 Å². The van der Waals surface area contributed by atoms with Gasteiger partial charge in [0.2, 0.25) is 0 Å². The molecule has 4 heteroatoms. The predicted octanol–water partition coefficient (Wildman–Crippen LogP) is 16.4. The van der Waals surface area contributed by atoms with Crippen molar-refractivity contribution < 1.29 is 8.83 Å². The van der Waals surface area contributed by atoms with Crippen molar-refractivity contribution in [3.05, 3.63) is 187 Å². The van der Waals surface area contributed by atoms with Gasteiger partial charge in [0.15, 0.2) is 5.58 Å². The summed E-state index contributed by atoms with van der Waals surface area (Å²) in [6, 6.07) is 63.9. The Morgan fingerprint density at radius 2 is 1.12 bits per heavy atom. The molecule has 0 radical (unpaired) electrons. The van der Waals surface area contributed by atoms with Crippen LogP contribution in [0.5, 0.6) is 0 Å². The number of benzene rings is 9. The summed E-state index contributed by atoms with van der Waals surface area (Å²) in [5.41, 5.74) is 14.0. The van der Waals surface area contributed by atoms with Crippen LogP contribution in [-0.2, 0) is 5.41 Å². The smallest absolute Gasteiger partial charge is 0.160 e. The molecule has 3 aromatic heterocycles. The Bertz CT molecular complexity index is 3720. The van der Waals surface area contributed by atoms with Gasteiger partial charge in [0.25, 0.3) is 0 Å². The zero-order valence-electron chi connectivity index (χ0n) is 32.4. The molecule has 278 valence electrons. The molecule has 59 heavy (non-hydrogen) atoms. The summed E-state index contributed by atoms with van der Waals surface area (Å²) in [5, 5.41) is 9.18. The van der Waals surface area contributed by atoms with E-state index in [4.69, 9.17) is 8.83 Å². The maximum absolute atomic E-state index is 7.28. The second-order valence-corrected chi connectivity index (χ2v) is 17.4. The van der Waals surface area contributed by atoms with E-state index in [0.717, 1.165) is 66.5 Å². The van der Waals surface area contributed by atoms with E-state index < -0.39 is 0 Å². The maximum Gasteiger partial charge on any atom is 0.160 e. The predicted molar refractivity (Wildman–Crippen MR) is 249 cm³/mol. The summed E-state index contributed by atoms with van der Waals surface area (Å²) < 4.78 is 16.3. The highest BCUT2D eigenvalue weighted by molar-refractivity contribution is 7.26. The van der Waals surface area contributed by atoms with Gasteiger partial charge in [-0.1, -0.05) is 141 Å². The molecule has 0 atom stereocenters. The molecular weight excluding hydrogens is 739 g/mol. The fourth-order valence-corrected chi connectivity index (χ4v) is 11.4. The van der Waals surface area contributed by atoms with Crippen LogP contribution in [0.25, 0.3) is 97.1 Å². The number of nitrogens with zero attached hydrogens (tertiary/aromatic N) is 1. The summed E-state index contributed by atoms with van der Waals surface area (Å²) in [5.74, 6) is 0. The van der Waals surface area contributed by atoms with E-state index in [-0.39, 0.29) is 5.41 Å². The second kappa shape index (κ2) is 12.0. The van der Waals surface area contributed by atoms with Gasteiger partial charge in [0, 0.05) is 69.3 Å². The summed E-state index contributed by atoms with van der Waals surface area (Å²) >= 11 is 1.86. The molecule has 1 aliphatic carbocycles.